The number of carboxylic acids is 1. The highest BCUT2D eigenvalue weighted by Gasteiger charge is 2.29. The number of hydrogen-bond donors (Lipinski definition) is 1. The Morgan fingerprint density at radius 3 is 2.25 bits per heavy atom. The minimum absolute atomic E-state index is 0.0593. The largest absolute Gasteiger partial charge is 0.480 e. The summed E-state index contributed by atoms with van der Waals surface area (Å²) in [7, 11) is 0. The molecule has 0 aromatic rings. The summed E-state index contributed by atoms with van der Waals surface area (Å²) < 4.78 is 0. The Kier molecular flexibility index (Phi) is 6.99. The van der Waals surface area contributed by atoms with Crippen molar-refractivity contribution in [3.63, 3.8) is 0 Å². The highest BCUT2D eigenvalue weighted by Crippen LogP contribution is 2.25. The zero-order valence-corrected chi connectivity index (χ0v) is 13.0. The molecule has 0 aromatic heterocycles. The van der Waals surface area contributed by atoms with Crippen LogP contribution in [-0.4, -0.2) is 58.5 Å². The highest BCUT2D eigenvalue weighted by molar-refractivity contribution is 5.79. The van der Waals surface area contributed by atoms with Crippen LogP contribution in [0.3, 0.4) is 0 Å². The van der Waals surface area contributed by atoms with Crippen molar-refractivity contribution in [3.05, 3.63) is 0 Å². The van der Waals surface area contributed by atoms with Crippen LogP contribution in [0.4, 0.5) is 0 Å². The lowest BCUT2D eigenvalue weighted by atomic mass is 10.1. The minimum Gasteiger partial charge on any atom is -0.480 e. The molecular formula is C15H28N2O3. The number of hydrogen-bond acceptors (Lipinski definition) is 3. The van der Waals surface area contributed by atoms with Gasteiger partial charge in [0.05, 0.1) is 13.1 Å². The molecule has 0 atom stereocenters. The molecule has 1 aliphatic carbocycles. The maximum absolute atomic E-state index is 12.5. The van der Waals surface area contributed by atoms with Crippen molar-refractivity contribution in [3.8, 4) is 0 Å². The lowest BCUT2D eigenvalue weighted by molar-refractivity contribution is -0.141. The number of rotatable bonds is 8. The van der Waals surface area contributed by atoms with Gasteiger partial charge in [0.15, 0.2) is 0 Å². The molecule has 0 spiro atoms. The molecule has 0 aromatic carbocycles. The van der Waals surface area contributed by atoms with Crippen LogP contribution in [-0.2, 0) is 9.59 Å². The van der Waals surface area contributed by atoms with E-state index in [9.17, 15) is 9.59 Å². The van der Waals surface area contributed by atoms with Crippen LogP contribution in [0.2, 0.25) is 0 Å². The van der Waals surface area contributed by atoms with Gasteiger partial charge in [0.25, 0.3) is 0 Å². The monoisotopic (exact) mass is 284 g/mol. The zero-order chi connectivity index (χ0) is 15.1. The fourth-order valence-corrected chi connectivity index (χ4v) is 3.09. The normalized spacial score (nSPS) is 16.1. The SMILES string of the molecule is CCCN(CC(=O)O)CC(=O)N(C(C)C)C1CCCC1. The van der Waals surface area contributed by atoms with Gasteiger partial charge < -0.3 is 10.0 Å². The first-order valence-corrected chi connectivity index (χ1v) is 7.71. The molecule has 0 saturated heterocycles. The topological polar surface area (TPSA) is 60.9 Å². The summed E-state index contributed by atoms with van der Waals surface area (Å²) in [6, 6.07) is 0.523. The molecule has 0 aliphatic heterocycles. The predicted molar refractivity (Wildman–Crippen MR) is 78.6 cm³/mol. The minimum atomic E-state index is -0.872. The van der Waals surface area contributed by atoms with Crippen LogP contribution >= 0.6 is 0 Å². The van der Waals surface area contributed by atoms with E-state index in [1.165, 1.54) is 12.8 Å². The van der Waals surface area contributed by atoms with Gasteiger partial charge in [0.1, 0.15) is 0 Å². The maximum atomic E-state index is 12.5. The molecule has 5 heteroatoms. The summed E-state index contributed by atoms with van der Waals surface area (Å²) in [6.07, 6.45) is 5.39. The van der Waals surface area contributed by atoms with Crippen molar-refractivity contribution in [2.75, 3.05) is 19.6 Å². The van der Waals surface area contributed by atoms with Gasteiger partial charge in [-0.15, -0.1) is 0 Å². The van der Waals surface area contributed by atoms with E-state index in [2.05, 4.69) is 0 Å². The number of aliphatic carboxylic acids is 1. The summed E-state index contributed by atoms with van der Waals surface area (Å²) in [6.45, 7) is 6.88. The standard InChI is InChI=1S/C15H28N2O3/c1-4-9-16(11-15(19)20)10-14(18)17(12(2)3)13-7-5-6-8-13/h12-13H,4-11H2,1-3H3,(H,19,20). The smallest absolute Gasteiger partial charge is 0.317 e. The second-order valence-corrected chi connectivity index (χ2v) is 5.94. The first-order valence-electron chi connectivity index (χ1n) is 7.71. The fourth-order valence-electron chi connectivity index (χ4n) is 3.09. The quantitative estimate of drug-likeness (QED) is 0.740. The Bertz CT molecular complexity index is 325. The molecule has 1 N–H and O–H groups in total. The first-order chi connectivity index (χ1) is 9.45. The molecule has 116 valence electrons. The van der Waals surface area contributed by atoms with Crippen molar-refractivity contribution in [2.45, 2.75) is 65.0 Å². The fraction of sp³-hybridized carbons (Fsp3) is 0.867. The van der Waals surface area contributed by atoms with Crippen molar-refractivity contribution >= 4 is 11.9 Å². The Balaban J connectivity index is 2.65. The van der Waals surface area contributed by atoms with E-state index >= 15 is 0 Å². The van der Waals surface area contributed by atoms with E-state index in [0.29, 0.717) is 12.6 Å². The van der Waals surface area contributed by atoms with Gasteiger partial charge in [0.2, 0.25) is 5.91 Å². The molecule has 0 unspecified atom stereocenters. The third kappa shape index (κ3) is 5.12. The van der Waals surface area contributed by atoms with Crippen LogP contribution in [0.1, 0.15) is 52.9 Å². The van der Waals surface area contributed by atoms with Crippen molar-refractivity contribution in [2.24, 2.45) is 0 Å². The van der Waals surface area contributed by atoms with Crippen molar-refractivity contribution < 1.29 is 14.7 Å². The summed E-state index contributed by atoms with van der Waals surface area (Å²) in [5.74, 6) is -0.801. The average molecular weight is 284 g/mol. The summed E-state index contributed by atoms with van der Waals surface area (Å²) in [5, 5.41) is 8.92. The maximum Gasteiger partial charge on any atom is 0.317 e. The Labute approximate surface area is 121 Å². The van der Waals surface area contributed by atoms with Gasteiger partial charge >= 0.3 is 5.97 Å². The van der Waals surface area contributed by atoms with Gasteiger partial charge in [0, 0.05) is 12.1 Å². The molecule has 1 fully saturated rings. The van der Waals surface area contributed by atoms with Gasteiger partial charge in [-0.1, -0.05) is 19.8 Å². The molecule has 1 saturated carbocycles. The van der Waals surface area contributed by atoms with Gasteiger partial charge in [-0.2, -0.15) is 0 Å². The second kappa shape index (κ2) is 8.25. The Hall–Kier alpha value is -1.10. The lowest BCUT2D eigenvalue weighted by Crippen LogP contribution is -2.49. The Morgan fingerprint density at radius 1 is 1.20 bits per heavy atom. The third-order valence-electron chi connectivity index (χ3n) is 3.82. The first kappa shape index (κ1) is 17.0. The zero-order valence-electron chi connectivity index (χ0n) is 13.0. The number of amides is 1. The van der Waals surface area contributed by atoms with E-state index in [0.717, 1.165) is 19.3 Å². The van der Waals surface area contributed by atoms with E-state index in [1.54, 1.807) is 4.90 Å². The lowest BCUT2D eigenvalue weighted by Gasteiger charge is -2.34. The van der Waals surface area contributed by atoms with E-state index in [-0.39, 0.29) is 25.0 Å². The van der Waals surface area contributed by atoms with Gasteiger partial charge in [-0.05, 0) is 39.7 Å². The summed E-state index contributed by atoms with van der Waals surface area (Å²) in [5.41, 5.74) is 0. The van der Waals surface area contributed by atoms with E-state index < -0.39 is 5.97 Å². The number of carboxylic acid groups (broad SMARTS) is 1. The summed E-state index contributed by atoms with van der Waals surface area (Å²) in [4.78, 5) is 27.1. The molecule has 0 bridgehead atoms. The van der Waals surface area contributed by atoms with Crippen LogP contribution in [0.25, 0.3) is 0 Å². The number of carbonyl (C=O) groups is 2. The van der Waals surface area contributed by atoms with Gasteiger partial charge in [-0.25, -0.2) is 0 Å². The highest BCUT2D eigenvalue weighted by atomic mass is 16.4. The molecule has 20 heavy (non-hydrogen) atoms. The van der Waals surface area contributed by atoms with Gasteiger partial charge in [-0.3, -0.25) is 14.5 Å². The predicted octanol–water partition coefficient (Wildman–Crippen LogP) is 1.96. The van der Waals surface area contributed by atoms with E-state index in [1.807, 2.05) is 25.7 Å². The van der Waals surface area contributed by atoms with E-state index in [4.69, 9.17) is 5.11 Å². The van der Waals surface area contributed by atoms with Crippen molar-refractivity contribution in [1.82, 2.24) is 9.80 Å². The molecule has 0 heterocycles. The third-order valence-corrected chi connectivity index (χ3v) is 3.82. The molecule has 1 amide bonds. The van der Waals surface area contributed by atoms with Crippen LogP contribution in [0, 0.1) is 0 Å². The molecule has 5 nitrogen and oxygen atoms in total. The molecule has 1 aliphatic rings. The molecular weight excluding hydrogens is 256 g/mol. The second-order valence-electron chi connectivity index (χ2n) is 5.94. The number of carbonyl (C=O) groups excluding carboxylic acids is 1. The van der Waals surface area contributed by atoms with Crippen molar-refractivity contribution in [1.29, 1.82) is 0 Å². The summed E-state index contributed by atoms with van der Waals surface area (Å²) >= 11 is 0. The van der Waals surface area contributed by atoms with Crippen LogP contribution in [0.15, 0.2) is 0 Å². The Morgan fingerprint density at radius 2 is 1.80 bits per heavy atom. The average Bonchev–Trinajstić information content (AvgIpc) is 2.81. The molecule has 0 radical (unpaired) electrons. The van der Waals surface area contributed by atoms with Crippen LogP contribution < -0.4 is 0 Å². The van der Waals surface area contributed by atoms with Crippen LogP contribution in [0.5, 0.6) is 0 Å². The molecule has 1 rings (SSSR count). The number of nitrogens with zero attached hydrogens (tertiary/aromatic N) is 2.